The Morgan fingerprint density at radius 2 is 1.81 bits per heavy atom. The highest BCUT2D eigenvalue weighted by atomic mass is 19.4. The lowest BCUT2D eigenvalue weighted by Gasteiger charge is -2.06. The first-order valence-electron chi connectivity index (χ1n) is 7.60. The molecule has 27 heavy (non-hydrogen) atoms. The van der Waals surface area contributed by atoms with Crippen molar-refractivity contribution in [3.63, 3.8) is 0 Å². The Bertz CT molecular complexity index is 993. The SMILES string of the molecule is Cc1ccc(/C=C2\N=C(c3ccc(C(F)(F)F)cc3)OC2=O)cc1[N+](=O)[O-]. The van der Waals surface area contributed by atoms with Crippen molar-refractivity contribution in [2.24, 2.45) is 4.99 Å². The van der Waals surface area contributed by atoms with Crippen molar-refractivity contribution < 1.29 is 27.6 Å². The summed E-state index contributed by atoms with van der Waals surface area (Å²) in [6, 6.07) is 8.41. The third-order valence-corrected chi connectivity index (χ3v) is 3.81. The number of cyclic esters (lactones) is 1. The zero-order valence-electron chi connectivity index (χ0n) is 13.8. The fourth-order valence-corrected chi connectivity index (χ4v) is 2.41. The normalized spacial score (nSPS) is 15.6. The summed E-state index contributed by atoms with van der Waals surface area (Å²) in [5.74, 6) is -0.935. The topological polar surface area (TPSA) is 81.8 Å². The van der Waals surface area contributed by atoms with Crippen molar-refractivity contribution in [2.75, 3.05) is 0 Å². The number of ether oxygens (including phenoxy) is 1. The molecular formula is C18H11F3N2O4. The number of aryl methyl sites for hydroxylation is 1. The standard InChI is InChI=1S/C18H11F3N2O4/c1-10-2-3-11(9-15(10)23(25)26)8-14-17(24)27-16(22-14)12-4-6-13(7-5-12)18(19,20)21/h2-9H,1H3/b14-8-. The van der Waals surface area contributed by atoms with Crippen LogP contribution >= 0.6 is 0 Å². The minimum absolute atomic E-state index is 0.108. The van der Waals surface area contributed by atoms with Gasteiger partial charge in [0.15, 0.2) is 5.70 Å². The molecule has 0 aliphatic carbocycles. The minimum Gasteiger partial charge on any atom is -0.402 e. The molecule has 0 radical (unpaired) electrons. The lowest BCUT2D eigenvalue weighted by Crippen LogP contribution is -2.08. The van der Waals surface area contributed by atoms with E-state index in [1.165, 1.54) is 18.2 Å². The van der Waals surface area contributed by atoms with Crippen molar-refractivity contribution in [3.8, 4) is 0 Å². The van der Waals surface area contributed by atoms with E-state index in [1.807, 2.05) is 0 Å². The quantitative estimate of drug-likeness (QED) is 0.347. The summed E-state index contributed by atoms with van der Waals surface area (Å²) in [5.41, 5.74) is -0.0130. The molecule has 1 aliphatic heterocycles. The van der Waals surface area contributed by atoms with Crippen LogP contribution in [0.5, 0.6) is 0 Å². The summed E-state index contributed by atoms with van der Waals surface area (Å²) in [5, 5.41) is 11.0. The van der Waals surface area contributed by atoms with Gasteiger partial charge in [-0.15, -0.1) is 0 Å². The van der Waals surface area contributed by atoms with Gasteiger partial charge in [0.05, 0.1) is 10.5 Å². The first kappa shape index (κ1) is 18.3. The number of aliphatic imine (C=N–C) groups is 1. The highest BCUT2D eigenvalue weighted by Crippen LogP contribution is 2.30. The van der Waals surface area contributed by atoms with E-state index in [2.05, 4.69) is 4.99 Å². The van der Waals surface area contributed by atoms with E-state index in [-0.39, 0.29) is 22.8 Å². The molecule has 0 amide bonds. The van der Waals surface area contributed by atoms with Crippen LogP contribution in [0.1, 0.15) is 22.3 Å². The number of halogens is 3. The molecule has 1 aliphatic rings. The second-order valence-electron chi connectivity index (χ2n) is 5.71. The lowest BCUT2D eigenvalue weighted by atomic mass is 10.1. The Kier molecular flexibility index (Phi) is 4.52. The Hall–Kier alpha value is -3.49. The number of hydrogen-bond donors (Lipinski definition) is 0. The van der Waals surface area contributed by atoms with Crippen molar-refractivity contribution >= 4 is 23.6 Å². The summed E-state index contributed by atoms with van der Waals surface area (Å²) >= 11 is 0. The minimum atomic E-state index is -4.47. The fourth-order valence-electron chi connectivity index (χ4n) is 2.41. The first-order chi connectivity index (χ1) is 12.6. The Labute approximate surface area is 150 Å². The van der Waals surface area contributed by atoms with Gasteiger partial charge in [0.1, 0.15) is 0 Å². The van der Waals surface area contributed by atoms with Gasteiger partial charge in [-0.3, -0.25) is 10.1 Å². The maximum atomic E-state index is 12.6. The molecule has 138 valence electrons. The van der Waals surface area contributed by atoms with Gasteiger partial charge in [0, 0.05) is 17.2 Å². The smallest absolute Gasteiger partial charge is 0.402 e. The molecule has 6 nitrogen and oxygen atoms in total. The number of carbonyl (C=O) groups excluding carboxylic acids is 1. The number of carbonyl (C=O) groups is 1. The molecule has 0 unspecified atom stereocenters. The number of esters is 1. The van der Waals surface area contributed by atoms with E-state index in [0.29, 0.717) is 11.1 Å². The zero-order chi connectivity index (χ0) is 19.8. The molecule has 9 heteroatoms. The van der Waals surface area contributed by atoms with Gasteiger partial charge >= 0.3 is 12.1 Å². The Morgan fingerprint density at radius 3 is 2.41 bits per heavy atom. The van der Waals surface area contributed by atoms with Crippen molar-refractivity contribution in [3.05, 3.63) is 80.5 Å². The predicted molar refractivity (Wildman–Crippen MR) is 89.9 cm³/mol. The third kappa shape index (κ3) is 3.86. The van der Waals surface area contributed by atoms with E-state index in [0.717, 1.165) is 24.3 Å². The average molecular weight is 376 g/mol. The lowest BCUT2D eigenvalue weighted by molar-refractivity contribution is -0.385. The monoisotopic (exact) mass is 376 g/mol. The Balaban J connectivity index is 1.91. The average Bonchev–Trinajstić information content (AvgIpc) is 2.96. The van der Waals surface area contributed by atoms with Gasteiger partial charge in [-0.2, -0.15) is 13.2 Å². The fraction of sp³-hybridized carbons (Fsp3) is 0.111. The van der Waals surface area contributed by atoms with Gasteiger partial charge in [0.2, 0.25) is 5.90 Å². The summed E-state index contributed by atoms with van der Waals surface area (Å²) in [6.45, 7) is 1.58. The number of hydrogen-bond acceptors (Lipinski definition) is 5. The van der Waals surface area contributed by atoms with E-state index in [4.69, 9.17) is 4.74 Å². The van der Waals surface area contributed by atoms with Crippen molar-refractivity contribution in [2.45, 2.75) is 13.1 Å². The van der Waals surface area contributed by atoms with Gasteiger partial charge in [0.25, 0.3) is 5.69 Å². The van der Waals surface area contributed by atoms with Crippen LogP contribution in [-0.4, -0.2) is 16.8 Å². The molecule has 2 aromatic rings. The summed E-state index contributed by atoms with van der Waals surface area (Å²) < 4.78 is 42.8. The molecular weight excluding hydrogens is 365 g/mol. The molecule has 0 aromatic heterocycles. The van der Waals surface area contributed by atoms with Crippen molar-refractivity contribution in [1.82, 2.24) is 0 Å². The number of nitrogens with zero attached hydrogens (tertiary/aromatic N) is 2. The molecule has 0 bridgehead atoms. The van der Waals surface area contributed by atoms with Crippen LogP contribution in [0.4, 0.5) is 18.9 Å². The van der Waals surface area contributed by atoms with Crippen LogP contribution < -0.4 is 0 Å². The maximum Gasteiger partial charge on any atom is 0.416 e. The van der Waals surface area contributed by atoms with E-state index in [1.54, 1.807) is 13.0 Å². The van der Waals surface area contributed by atoms with E-state index < -0.39 is 22.6 Å². The molecule has 1 heterocycles. The van der Waals surface area contributed by atoms with E-state index in [9.17, 15) is 28.1 Å². The first-order valence-corrected chi connectivity index (χ1v) is 7.60. The summed E-state index contributed by atoms with van der Waals surface area (Å²) in [7, 11) is 0. The maximum absolute atomic E-state index is 12.6. The number of nitro groups is 1. The molecule has 0 N–H and O–H groups in total. The molecule has 3 rings (SSSR count). The molecule has 0 atom stereocenters. The highest BCUT2D eigenvalue weighted by molar-refractivity contribution is 6.12. The van der Waals surface area contributed by atoms with Crippen LogP contribution in [0.3, 0.4) is 0 Å². The van der Waals surface area contributed by atoms with Gasteiger partial charge in [-0.05, 0) is 42.8 Å². The van der Waals surface area contributed by atoms with Crippen molar-refractivity contribution in [1.29, 1.82) is 0 Å². The zero-order valence-corrected chi connectivity index (χ0v) is 13.8. The second kappa shape index (κ2) is 6.67. The summed E-state index contributed by atoms with van der Waals surface area (Å²) in [4.78, 5) is 26.4. The summed E-state index contributed by atoms with van der Waals surface area (Å²) in [6.07, 6.45) is -3.16. The molecule has 0 fully saturated rings. The predicted octanol–water partition coefficient (Wildman–Crippen LogP) is 4.27. The second-order valence-corrected chi connectivity index (χ2v) is 5.71. The highest BCUT2D eigenvalue weighted by Gasteiger charge is 2.31. The van der Waals surface area contributed by atoms with Gasteiger partial charge in [-0.1, -0.05) is 12.1 Å². The Morgan fingerprint density at radius 1 is 1.15 bits per heavy atom. The van der Waals surface area contributed by atoms with E-state index >= 15 is 0 Å². The van der Waals surface area contributed by atoms with Gasteiger partial charge in [-0.25, -0.2) is 9.79 Å². The van der Waals surface area contributed by atoms with Gasteiger partial charge < -0.3 is 4.74 Å². The third-order valence-electron chi connectivity index (χ3n) is 3.81. The number of benzene rings is 2. The van der Waals surface area contributed by atoms with Crippen LogP contribution in [0.15, 0.2) is 53.2 Å². The van der Waals surface area contributed by atoms with Crippen LogP contribution in [0.25, 0.3) is 6.08 Å². The van der Waals surface area contributed by atoms with Crippen LogP contribution in [0.2, 0.25) is 0 Å². The van der Waals surface area contributed by atoms with Crippen LogP contribution in [0, 0.1) is 17.0 Å². The molecule has 0 saturated carbocycles. The largest absolute Gasteiger partial charge is 0.416 e. The van der Waals surface area contributed by atoms with Crippen LogP contribution in [-0.2, 0) is 15.7 Å². The number of rotatable bonds is 3. The number of nitro benzene ring substituents is 1. The number of alkyl halides is 3. The molecule has 0 spiro atoms. The molecule has 0 saturated heterocycles. The molecule has 2 aromatic carbocycles.